The van der Waals surface area contributed by atoms with Gasteiger partial charge in [0.2, 0.25) is 0 Å². The van der Waals surface area contributed by atoms with Crippen molar-refractivity contribution in [2.75, 3.05) is 26.2 Å². The van der Waals surface area contributed by atoms with E-state index in [0.29, 0.717) is 0 Å². The van der Waals surface area contributed by atoms with Gasteiger partial charge in [-0.3, -0.25) is 4.90 Å². The predicted molar refractivity (Wildman–Crippen MR) is 88.7 cm³/mol. The molecule has 0 aliphatic heterocycles. The molecule has 1 fully saturated rings. The number of rotatable bonds is 11. The Bertz CT molecular complexity index is 429. The van der Waals surface area contributed by atoms with Gasteiger partial charge in [-0.2, -0.15) is 0 Å². The number of hydrogen-bond acceptors (Lipinski definition) is 3. The van der Waals surface area contributed by atoms with E-state index in [4.69, 9.17) is 4.74 Å². The van der Waals surface area contributed by atoms with E-state index in [0.717, 1.165) is 51.0 Å². The minimum absolute atomic E-state index is 0.746. The maximum absolute atomic E-state index is 5.90. The minimum atomic E-state index is 0.746. The minimum Gasteiger partial charge on any atom is -0.492 e. The lowest BCUT2D eigenvalue weighted by molar-refractivity contribution is 0.216. The van der Waals surface area contributed by atoms with E-state index in [1.807, 2.05) is 12.1 Å². The quantitative estimate of drug-likeness (QED) is 0.500. The predicted octanol–water partition coefficient (Wildman–Crippen LogP) is 3.22. The molecular weight excluding hydrogens is 260 g/mol. The van der Waals surface area contributed by atoms with Gasteiger partial charge < -0.3 is 10.1 Å². The van der Waals surface area contributed by atoms with E-state index in [9.17, 15) is 0 Å². The summed E-state index contributed by atoms with van der Waals surface area (Å²) in [6.45, 7) is 10.7. The summed E-state index contributed by atoms with van der Waals surface area (Å²) >= 11 is 0. The normalized spacial score (nSPS) is 14.4. The Labute approximate surface area is 129 Å². The van der Waals surface area contributed by atoms with Gasteiger partial charge in [0.1, 0.15) is 12.4 Å². The molecule has 0 unspecified atom stereocenters. The highest BCUT2D eigenvalue weighted by Crippen LogP contribution is 2.26. The molecule has 3 nitrogen and oxygen atoms in total. The lowest BCUT2D eigenvalue weighted by Gasteiger charge is -2.20. The summed E-state index contributed by atoms with van der Waals surface area (Å²) in [4.78, 5) is 2.46. The third-order valence-corrected chi connectivity index (χ3v) is 3.73. The molecule has 1 aliphatic carbocycles. The molecule has 3 heteroatoms. The van der Waals surface area contributed by atoms with Gasteiger partial charge in [-0.05, 0) is 43.5 Å². The molecular formula is C18H28N2O. The van der Waals surface area contributed by atoms with Crippen LogP contribution in [0.5, 0.6) is 5.75 Å². The zero-order valence-electron chi connectivity index (χ0n) is 13.2. The highest BCUT2D eigenvalue weighted by atomic mass is 16.5. The fraction of sp³-hybridized carbons (Fsp3) is 0.556. The first kappa shape index (κ1) is 16.1. The molecule has 0 amide bonds. The van der Waals surface area contributed by atoms with Crippen molar-refractivity contribution in [3.8, 4) is 5.75 Å². The highest BCUT2D eigenvalue weighted by molar-refractivity contribution is 5.28. The van der Waals surface area contributed by atoms with E-state index in [-0.39, 0.29) is 0 Å². The summed E-state index contributed by atoms with van der Waals surface area (Å²) in [6, 6.07) is 9.15. The molecule has 0 aromatic heterocycles. The van der Waals surface area contributed by atoms with Crippen LogP contribution in [0.15, 0.2) is 36.9 Å². The highest BCUT2D eigenvalue weighted by Gasteiger charge is 2.27. The molecule has 1 saturated carbocycles. The fourth-order valence-electron chi connectivity index (χ4n) is 2.46. The van der Waals surface area contributed by atoms with Gasteiger partial charge in [0, 0.05) is 25.7 Å². The zero-order chi connectivity index (χ0) is 14.9. The summed E-state index contributed by atoms with van der Waals surface area (Å²) < 4.78 is 5.90. The average molecular weight is 288 g/mol. The van der Waals surface area contributed by atoms with Gasteiger partial charge in [0.25, 0.3) is 0 Å². The Hall–Kier alpha value is -1.32. The Morgan fingerprint density at radius 3 is 3.00 bits per heavy atom. The monoisotopic (exact) mass is 288 g/mol. The van der Waals surface area contributed by atoms with Crippen LogP contribution < -0.4 is 10.1 Å². The second-order valence-electron chi connectivity index (χ2n) is 5.69. The first-order valence-corrected chi connectivity index (χ1v) is 8.11. The maximum atomic E-state index is 5.90. The van der Waals surface area contributed by atoms with Crippen molar-refractivity contribution in [1.82, 2.24) is 10.2 Å². The van der Waals surface area contributed by atoms with E-state index in [2.05, 4.69) is 41.9 Å². The Kier molecular flexibility index (Phi) is 6.77. The van der Waals surface area contributed by atoms with Crippen molar-refractivity contribution >= 4 is 0 Å². The average Bonchev–Trinajstić information content (AvgIpc) is 3.32. The van der Waals surface area contributed by atoms with E-state index in [1.165, 1.54) is 18.4 Å². The molecule has 0 heterocycles. The van der Waals surface area contributed by atoms with Crippen LogP contribution >= 0.6 is 0 Å². The molecule has 21 heavy (non-hydrogen) atoms. The van der Waals surface area contributed by atoms with Gasteiger partial charge in [0.15, 0.2) is 0 Å². The molecule has 1 aromatic rings. The standard InChI is InChI=1S/C18H28N2O/c1-3-10-19-15-16-6-5-7-18(14-16)21-13-12-20(11-4-2)17-8-9-17/h4-7,14,17,19H,2-3,8-13,15H2,1H3. The maximum Gasteiger partial charge on any atom is 0.119 e. The second kappa shape index (κ2) is 8.85. The van der Waals surface area contributed by atoms with Crippen LogP contribution in [0.3, 0.4) is 0 Å². The molecule has 0 spiro atoms. The van der Waals surface area contributed by atoms with Gasteiger partial charge >= 0.3 is 0 Å². The topological polar surface area (TPSA) is 24.5 Å². The van der Waals surface area contributed by atoms with Crippen molar-refractivity contribution < 1.29 is 4.74 Å². The van der Waals surface area contributed by atoms with Crippen molar-refractivity contribution in [1.29, 1.82) is 0 Å². The molecule has 1 aromatic carbocycles. The Morgan fingerprint density at radius 2 is 2.29 bits per heavy atom. The molecule has 0 radical (unpaired) electrons. The van der Waals surface area contributed by atoms with Crippen molar-refractivity contribution in [3.63, 3.8) is 0 Å². The lowest BCUT2D eigenvalue weighted by Crippen LogP contribution is -2.30. The molecule has 0 saturated heterocycles. The van der Waals surface area contributed by atoms with Gasteiger partial charge in [-0.25, -0.2) is 0 Å². The van der Waals surface area contributed by atoms with E-state index >= 15 is 0 Å². The van der Waals surface area contributed by atoms with E-state index in [1.54, 1.807) is 0 Å². The number of nitrogens with zero attached hydrogens (tertiary/aromatic N) is 1. The van der Waals surface area contributed by atoms with Crippen LogP contribution in [-0.2, 0) is 6.54 Å². The van der Waals surface area contributed by atoms with Crippen molar-refractivity contribution in [2.45, 2.75) is 38.8 Å². The van der Waals surface area contributed by atoms with Gasteiger partial charge in [-0.15, -0.1) is 6.58 Å². The van der Waals surface area contributed by atoms with Crippen LogP contribution in [0.1, 0.15) is 31.7 Å². The van der Waals surface area contributed by atoms with Crippen molar-refractivity contribution in [2.24, 2.45) is 0 Å². The molecule has 1 N–H and O–H groups in total. The van der Waals surface area contributed by atoms with Crippen LogP contribution in [0.25, 0.3) is 0 Å². The smallest absolute Gasteiger partial charge is 0.119 e. The third kappa shape index (κ3) is 5.90. The lowest BCUT2D eigenvalue weighted by atomic mass is 10.2. The first-order chi connectivity index (χ1) is 10.3. The molecule has 0 bridgehead atoms. The number of ether oxygens (including phenoxy) is 1. The summed E-state index contributed by atoms with van der Waals surface area (Å²) in [6.07, 6.45) is 5.80. The van der Waals surface area contributed by atoms with Crippen molar-refractivity contribution in [3.05, 3.63) is 42.5 Å². The number of benzene rings is 1. The molecule has 2 rings (SSSR count). The SMILES string of the molecule is C=CCN(CCOc1cccc(CNCCC)c1)C1CC1. The summed E-state index contributed by atoms with van der Waals surface area (Å²) in [5.41, 5.74) is 1.28. The molecule has 116 valence electrons. The summed E-state index contributed by atoms with van der Waals surface area (Å²) in [5.74, 6) is 0.972. The van der Waals surface area contributed by atoms with Crippen LogP contribution in [0.2, 0.25) is 0 Å². The zero-order valence-corrected chi connectivity index (χ0v) is 13.2. The van der Waals surface area contributed by atoms with E-state index < -0.39 is 0 Å². The molecule has 0 atom stereocenters. The first-order valence-electron chi connectivity index (χ1n) is 8.11. The third-order valence-electron chi connectivity index (χ3n) is 3.73. The Balaban J connectivity index is 1.74. The van der Waals surface area contributed by atoms with Gasteiger partial charge in [0.05, 0.1) is 0 Å². The second-order valence-corrected chi connectivity index (χ2v) is 5.69. The number of hydrogen-bond donors (Lipinski definition) is 1. The molecule has 1 aliphatic rings. The number of nitrogens with one attached hydrogen (secondary N) is 1. The summed E-state index contributed by atoms with van der Waals surface area (Å²) in [5, 5.41) is 3.42. The summed E-state index contributed by atoms with van der Waals surface area (Å²) in [7, 11) is 0. The van der Waals surface area contributed by atoms with Crippen LogP contribution in [-0.4, -0.2) is 37.2 Å². The largest absolute Gasteiger partial charge is 0.492 e. The van der Waals surface area contributed by atoms with Gasteiger partial charge in [-0.1, -0.05) is 25.1 Å². The Morgan fingerprint density at radius 1 is 1.43 bits per heavy atom. The van der Waals surface area contributed by atoms with Crippen LogP contribution in [0, 0.1) is 0 Å². The van der Waals surface area contributed by atoms with Crippen LogP contribution in [0.4, 0.5) is 0 Å². The fourth-order valence-corrected chi connectivity index (χ4v) is 2.46.